The Morgan fingerprint density at radius 1 is 1.31 bits per heavy atom. The summed E-state index contributed by atoms with van der Waals surface area (Å²) in [6, 6.07) is 0. The number of allylic oxidation sites excluding steroid dienone is 4. The van der Waals surface area contributed by atoms with E-state index < -0.39 is 0 Å². The molecular formula is C15H20O. The van der Waals surface area contributed by atoms with Crippen molar-refractivity contribution in [3.05, 3.63) is 23.8 Å². The van der Waals surface area contributed by atoms with Gasteiger partial charge in [0.1, 0.15) is 0 Å². The van der Waals surface area contributed by atoms with E-state index in [1.807, 2.05) is 0 Å². The molecule has 86 valence electrons. The summed E-state index contributed by atoms with van der Waals surface area (Å²) in [4.78, 5) is 12.3. The van der Waals surface area contributed by atoms with Gasteiger partial charge in [-0.15, -0.1) is 0 Å². The van der Waals surface area contributed by atoms with Crippen molar-refractivity contribution in [1.82, 2.24) is 0 Å². The van der Waals surface area contributed by atoms with E-state index in [0.717, 1.165) is 6.42 Å². The number of fused-ring (bicyclic) bond motifs is 3. The highest BCUT2D eigenvalue weighted by Crippen LogP contribution is 2.74. The van der Waals surface area contributed by atoms with Crippen molar-refractivity contribution in [3.8, 4) is 0 Å². The molecule has 2 fully saturated rings. The normalized spacial score (nSPS) is 54.1. The summed E-state index contributed by atoms with van der Waals surface area (Å²) >= 11 is 0. The van der Waals surface area contributed by atoms with Gasteiger partial charge in [-0.1, -0.05) is 44.6 Å². The lowest BCUT2D eigenvalue weighted by Gasteiger charge is -2.43. The fourth-order valence-electron chi connectivity index (χ4n) is 4.32. The molecule has 0 N–H and O–H groups in total. The number of hydrogen-bond acceptors (Lipinski definition) is 1. The van der Waals surface area contributed by atoms with Crippen LogP contribution in [0.1, 0.15) is 34.1 Å². The first-order chi connectivity index (χ1) is 7.45. The van der Waals surface area contributed by atoms with Gasteiger partial charge in [-0.2, -0.15) is 0 Å². The summed E-state index contributed by atoms with van der Waals surface area (Å²) in [7, 11) is 0. The first-order valence-corrected chi connectivity index (χ1v) is 6.37. The van der Waals surface area contributed by atoms with Gasteiger partial charge in [-0.3, -0.25) is 4.79 Å². The van der Waals surface area contributed by atoms with Gasteiger partial charge in [0.05, 0.1) is 5.41 Å². The third-order valence-corrected chi connectivity index (χ3v) is 6.01. The van der Waals surface area contributed by atoms with E-state index in [2.05, 4.69) is 45.9 Å². The van der Waals surface area contributed by atoms with Crippen LogP contribution in [0.5, 0.6) is 0 Å². The highest BCUT2D eigenvalue weighted by Gasteiger charge is 2.78. The molecule has 5 unspecified atom stereocenters. The van der Waals surface area contributed by atoms with Crippen LogP contribution < -0.4 is 0 Å². The molecule has 1 heteroatoms. The molecule has 0 saturated heterocycles. The minimum absolute atomic E-state index is 0.0834. The number of hydrogen-bond donors (Lipinski definition) is 0. The maximum absolute atomic E-state index is 12.3. The number of rotatable bonds is 0. The zero-order valence-corrected chi connectivity index (χ0v) is 10.6. The van der Waals surface area contributed by atoms with Crippen LogP contribution in [0.2, 0.25) is 0 Å². The fraction of sp³-hybridized carbons (Fsp3) is 0.667. The van der Waals surface area contributed by atoms with Crippen LogP contribution in [0.3, 0.4) is 0 Å². The predicted molar refractivity (Wildman–Crippen MR) is 64.9 cm³/mol. The molecule has 0 aromatic rings. The molecular weight excluding hydrogens is 196 g/mol. The van der Waals surface area contributed by atoms with E-state index in [-0.39, 0.29) is 10.8 Å². The van der Waals surface area contributed by atoms with Crippen LogP contribution in [0.4, 0.5) is 0 Å². The molecule has 2 saturated carbocycles. The lowest BCUT2D eigenvalue weighted by atomic mass is 9.60. The van der Waals surface area contributed by atoms with Crippen LogP contribution in [0.15, 0.2) is 23.8 Å². The second-order valence-electron chi connectivity index (χ2n) is 6.20. The van der Waals surface area contributed by atoms with Crippen molar-refractivity contribution in [2.45, 2.75) is 34.1 Å². The molecule has 3 aliphatic carbocycles. The Labute approximate surface area is 97.6 Å². The van der Waals surface area contributed by atoms with Crippen LogP contribution >= 0.6 is 0 Å². The number of Topliss-reactive ketones (excluding diaryl/α,β-unsaturated/α-hetero) is 1. The quantitative estimate of drug-likeness (QED) is 0.606. The van der Waals surface area contributed by atoms with Crippen molar-refractivity contribution < 1.29 is 4.79 Å². The maximum Gasteiger partial charge on any atom is 0.151 e. The lowest BCUT2D eigenvalue weighted by Crippen LogP contribution is -2.37. The Morgan fingerprint density at radius 2 is 2.00 bits per heavy atom. The molecule has 5 atom stereocenters. The SMILES string of the molecule is CC1C2CC=CC=C2C2(C)C(=O)C2(C)C1C. The van der Waals surface area contributed by atoms with Crippen LogP contribution in [-0.4, -0.2) is 5.78 Å². The molecule has 0 aromatic carbocycles. The largest absolute Gasteiger partial charge is 0.298 e. The molecule has 0 radical (unpaired) electrons. The van der Waals surface area contributed by atoms with Gasteiger partial charge in [0, 0.05) is 5.41 Å². The molecule has 0 aromatic heterocycles. The van der Waals surface area contributed by atoms with E-state index in [0.29, 0.717) is 23.5 Å². The average molecular weight is 216 g/mol. The highest BCUT2D eigenvalue weighted by molar-refractivity contribution is 6.11. The van der Waals surface area contributed by atoms with E-state index in [1.165, 1.54) is 5.57 Å². The topological polar surface area (TPSA) is 17.1 Å². The molecule has 16 heavy (non-hydrogen) atoms. The Hall–Kier alpha value is -0.850. The average Bonchev–Trinajstić information content (AvgIpc) is 2.76. The smallest absolute Gasteiger partial charge is 0.151 e. The summed E-state index contributed by atoms with van der Waals surface area (Å²) in [5.74, 6) is 2.22. The predicted octanol–water partition coefficient (Wildman–Crippen LogP) is 3.37. The summed E-state index contributed by atoms with van der Waals surface area (Å²) in [5, 5.41) is 0. The van der Waals surface area contributed by atoms with Crippen LogP contribution in [-0.2, 0) is 4.79 Å². The van der Waals surface area contributed by atoms with Gasteiger partial charge in [-0.25, -0.2) is 0 Å². The third kappa shape index (κ3) is 0.804. The fourth-order valence-corrected chi connectivity index (χ4v) is 4.32. The minimum Gasteiger partial charge on any atom is -0.298 e. The standard InChI is InChI=1S/C15H20O/c1-9-10(2)14(3)13(16)15(14,4)12-8-6-5-7-11(9)12/h5-6,8-11H,7H2,1-4H3. The van der Waals surface area contributed by atoms with Gasteiger partial charge in [0.15, 0.2) is 5.78 Å². The molecule has 3 rings (SSSR count). The minimum atomic E-state index is -0.144. The number of carbonyl (C=O) groups is 1. The molecule has 0 amide bonds. The van der Waals surface area contributed by atoms with Crippen molar-refractivity contribution >= 4 is 5.78 Å². The maximum atomic E-state index is 12.3. The Morgan fingerprint density at radius 3 is 2.69 bits per heavy atom. The van der Waals surface area contributed by atoms with E-state index in [4.69, 9.17) is 0 Å². The number of ketones is 1. The Kier molecular flexibility index (Phi) is 1.74. The molecule has 3 aliphatic rings. The first kappa shape index (κ1) is 10.3. The first-order valence-electron chi connectivity index (χ1n) is 6.37. The van der Waals surface area contributed by atoms with Crippen molar-refractivity contribution in [1.29, 1.82) is 0 Å². The number of carbonyl (C=O) groups excluding carboxylic acids is 1. The second-order valence-corrected chi connectivity index (χ2v) is 6.20. The van der Waals surface area contributed by atoms with Crippen molar-refractivity contribution in [2.75, 3.05) is 0 Å². The summed E-state index contributed by atoms with van der Waals surface area (Å²) < 4.78 is 0. The lowest BCUT2D eigenvalue weighted by molar-refractivity contribution is -0.114. The Balaban J connectivity index is 2.16. The molecule has 0 aliphatic heterocycles. The van der Waals surface area contributed by atoms with Crippen LogP contribution in [0, 0.1) is 28.6 Å². The third-order valence-electron chi connectivity index (χ3n) is 6.01. The van der Waals surface area contributed by atoms with Gasteiger partial charge in [-0.05, 0) is 31.1 Å². The van der Waals surface area contributed by atoms with Gasteiger partial charge >= 0.3 is 0 Å². The molecule has 0 bridgehead atoms. The van der Waals surface area contributed by atoms with E-state index in [1.54, 1.807) is 0 Å². The second kappa shape index (κ2) is 2.69. The van der Waals surface area contributed by atoms with Crippen LogP contribution in [0.25, 0.3) is 0 Å². The molecule has 0 spiro atoms. The Bertz CT molecular complexity index is 431. The summed E-state index contributed by atoms with van der Waals surface area (Å²) in [5.41, 5.74) is 1.18. The van der Waals surface area contributed by atoms with Gasteiger partial charge < -0.3 is 0 Å². The zero-order chi connectivity index (χ0) is 11.7. The van der Waals surface area contributed by atoms with Crippen molar-refractivity contribution in [2.24, 2.45) is 28.6 Å². The molecule has 1 nitrogen and oxygen atoms in total. The summed E-state index contributed by atoms with van der Waals surface area (Å²) in [6.45, 7) is 8.92. The van der Waals surface area contributed by atoms with Gasteiger partial charge in [0.2, 0.25) is 0 Å². The molecule has 0 heterocycles. The van der Waals surface area contributed by atoms with E-state index in [9.17, 15) is 4.79 Å². The van der Waals surface area contributed by atoms with Gasteiger partial charge in [0.25, 0.3) is 0 Å². The highest BCUT2D eigenvalue weighted by atomic mass is 16.1. The van der Waals surface area contributed by atoms with Crippen molar-refractivity contribution in [3.63, 3.8) is 0 Å². The summed E-state index contributed by atoms with van der Waals surface area (Å²) in [6.07, 6.45) is 7.71. The monoisotopic (exact) mass is 216 g/mol. The van der Waals surface area contributed by atoms with E-state index >= 15 is 0 Å². The zero-order valence-electron chi connectivity index (χ0n) is 10.6.